The van der Waals surface area contributed by atoms with Gasteiger partial charge in [-0.25, -0.2) is 0 Å². The number of rotatable bonds is 5. The van der Waals surface area contributed by atoms with Crippen molar-refractivity contribution in [3.05, 3.63) is 54.6 Å². The maximum absolute atomic E-state index is 12.5. The maximum Gasteiger partial charge on any atom is 0.323 e. The van der Waals surface area contributed by atoms with Crippen LogP contribution in [0.4, 0.5) is 5.69 Å². The van der Waals surface area contributed by atoms with Gasteiger partial charge >= 0.3 is 5.97 Å². The van der Waals surface area contributed by atoms with E-state index < -0.39 is 0 Å². The van der Waals surface area contributed by atoms with E-state index in [1.807, 2.05) is 59.5 Å². The molecule has 0 saturated carbocycles. The molecule has 0 unspecified atom stereocenters. The van der Waals surface area contributed by atoms with E-state index in [-0.39, 0.29) is 24.5 Å². The topological polar surface area (TPSA) is 58.6 Å². The quantitative estimate of drug-likeness (QED) is 0.852. The molecule has 5 nitrogen and oxygen atoms in total. The Hall–Kier alpha value is -2.66. The molecule has 0 spiro atoms. The molecule has 1 N–H and O–H groups in total. The lowest BCUT2D eigenvalue weighted by Gasteiger charge is -2.22. The third-order valence-corrected chi connectivity index (χ3v) is 4.47. The molecule has 1 atom stereocenters. The minimum Gasteiger partial charge on any atom is -0.468 e. The number of carbonyl (C=O) groups excluding carboxylic acids is 2. The highest BCUT2D eigenvalue weighted by atomic mass is 16.5. The highest BCUT2D eigenvalue weighted by Crippen LogP contribution is 2.27. The number of benzene rings is 2. The van der Waals surface area contributed by atoms with Gasteiger partial charge in [0.15, 0.2) is 0 Å². The van der Waals surface area contributed by atoms with E-state index in [4.69, 9.17) is 4.74 Å². The van der Waals surface area contributed by atoms with Crippen LogP contribution in [0.25, 0.3) is 11.1 Å². The third-order valence-electron chi connectivity index (χ3n) is 4.47. The first kappa shape index (κ1) is 17.2. The highest BCUT2D eigenvalue weighted by molar-refractivity contribution is 5.96. The summed E-state index contributed by atoms with van der Waals surface area (Å²) in [6.45, 7) is 0.913. The van der Waals surface area contributed by atoms with Gasteiger partial charge in [0.05, 0.1) is 13.7 Å². The number of hydrogen-bond donors (Lipinski definition) is 1. The van der Waals surface area contributed by atoms with Crippen LogP contribution in [-0.4, -0.2) is 43.0 Å². The van der Waals surface area contributed by atoms with Crippen LogP contribution in [0.15, 0.2) is 54.6 Å². The number of amides is 1. The Balaban J connectivity index is 1.71. The highest BCUT2D eigenvalue weighted by Gasteiger charge is 2.32. The number of para-hydroxylation sites is 1. The first-order valence-corrected chi connectivity index (χ1v) is 8.45. The van der Waals surface area contributed by atoms with Crippen molar-refractivity contribution in [3.63, 3.8) is 0 Å². The van der Waals surface area contributed by atoms with Gasteiger partial charge in [0, 0.05) is 11.3 Å². The monoisotopic (exact) mass is 338 g/mol. The van der Waals surface area contributed by atoms with E-state index >= 15 is 0 Å². The van der Waals surface area contributed by atoms with Crippen molar-refractivity contribution in [3.8, 4) is 11.1 Å². The molecule has 1 aliphatic heterocycles. The van der Waals surface area contributed by atoms with Crippen molar-refractivity contribution in [2.45, 2.75) is 18.9 Å². The number of methoxy groups -OCH3 is 1. The van der Waals surface area contributed by atoms with Crippen LogP contribution in [0, 0.1) is 0 Å². The molecule has 3 rings (SSSR count). The molecule has 5 heteroatoms. The van der Waals surface area contributed by atoms with E-state index in [0.717, 1.165) is 36.2 Å². The van der Waals surface area contributed by atoms with E-state index in [0.29, 0.717) is 0 Å². The fraction of sp³-hybridized carbons (Fsp3) is 0.300. The van der Waals surface area contributed by atoms with Gasteiger partial charge in [0.2, 0.25) is 5.91 Å². The zero-order valence-electron chi connectivity index (χ0n) is 14.3. The average Bonchev–Trinajstić information content (AvgIpc) is 3.10. The molecule has 2 aromatic carbocycles. The van der Waals surface area contributed by atoms with Crippen molar-refractivity contribution in [2.24, 2.45) is 0 Å². The molecule has 1 heterocycles. The molecule has 2 aromatic rings. The zero-order chi connectivity index (χ0) is 17.6. The fourth-order valence-electron chi connectivity index (χ4n) is 3.25. The Kier molecular flexibility index (Phi) is 5.46. The van der Waals surface area contributed by atoms with Crippen LogP contribution < -0.4 is 5.32 Å². The number of carbonyl (C=O) groups is 2. The molecule has 1 amide bonds. The molecule has 0 bridgehead atoms. The molecule has 1 fully saturated rings. The lowest BCUT2D eigenvalue weighted by molar-refractivity contribution is -0.146. The Labute approximate surface area is 147 Å². The molecule has 1 saturated heterocycles. The molecular formula is C20H22N2O3. The number of esters is 1. The second-order valence-corrected chi connectivity index (χ2v) is 6.11. The molecule has 0 aliphatic carbocycles. The van der Waals surface area contributed by atoms with Crippen LogP contribution >= 0.6 is 0 Å². The van der Waals surface area contributed by atoms with Crippen LogP contribution in [0.3, 0.4) is 0 Å². The first-order chi connectivity index (χ1) is 12.2. The molecule has 130 valence electrons. The van der Waals surface area contributed by atoms with Crippen molar-refractivity contribution < 1.29 is 14.3 Å². The molecule has 0 radical (unpaired) electrons. The van der Waals surface area contributed by atoms with Crippen LogP contribution in [-0.2, 0) is 14.3 Å². The summed E-state index contributed by atoms with van der Waals surface area (Å²) in [4.78, 5) is 26.2. The van der Waals surface area contributed by atoms with Gasteiger partial charge < -0.3 is 10.1 Å². The predicted molar refractivity (Wildman–Crippen MR) is 97.1 cm³/mol. The van der Waals surface area contributed by atoms with Crippen LogP contribution in [0.2, 0.25) is 0 Å². The largest absolute Gasteiger partial charge is 0.468 e. The van der Waals surface area contributed by atoms with Gasteiger partial charge in [0.1, 0.15) is 6.04 Å². The van der Waals surface area contributed by atoms with Crippen molar-refractivity contribution in [1.82, 2.24) is 4.90 Å². The SMILES string of the molecule is COC(=O)[C@@H]1CCCN1CC(=O)Nc1ccccc1-c1ccccc1. The summed E-state index contributed by atoms with van der Waals surface area (Å²) in [7, 11) is 1.38. The lowest BCUT2D eigenvalue weighted by Crippen LogP contribution is -2.41. The summed E-state index contributed by atoms with van der Waals surface area (Å²) < 4.78 is 4.83. The number of hydrogen-bond acceptors (Lipinski definition) is 4. The van der Waals surface area contributed by atoms with Gasteiger partial charge in [-0.3, -0.25) is 14.5 Å². The summed E-state index contributed by atoms with van der Waals surface area (Å²) in [6.07, 6.45) is 1.63. The number of ether oxygens (including phenoxy) is 1. The van der Waals surface area contributed by atoms with Gasteiger partial charge in [-0.05, 0) is 31.0 Å². The van der Waals surface area contributed by atoms with Gasteiger partial charge in [0.25, 0.3) is 0 Å². The normalized spacial score (nSPS) is 17.2. The summed E-state index contributed by atoms with van der Waals surface area (Å²) >= 11 is 0. The minimum atomic E-state index is -0.319. The van der Waals surface area contributed by atoms with Crippen molar-refractivity contribution in [2.75, 3.05) is 25.5 Å². The van der Waals surface area contributed by atoms with Crippen molar-refractivity contribution in [1.29, 1.82) is 0 Å². The molecule has 1 aliphatic rings. The smallest absolute Gasteiger partial charge is 0.323 e. The molecule has 0 aromatic heterocycles. The Morgan fingerprint density at radius 2 is 1.84 bits per heavy atom. The Morgan fingerprint density at radius 1 is 1.12 bits per heavy atom. The Bertz CT molecular complexity index is 746. The number of anilines is 1. The summed E-state index contributed by atoms with van der Waals surface area (Å²) in [5.74, 6) is -0.394. The van der Waals surface area contributed by atoms with Gasteiger partial charge in [-0.2, -0.15) is 0 Å². The van der Waals surface area contributed by atoms with Crippen LogP contribution in [0.5, 0.6) is 0 Å². The number of nitrogens with zero attached hydrogens (tertiary/aromatic N) is 1. The summed E-state index contributed by atoms with van der Waals surface area (Å²) in [5, 5.41) is 2.98. The molecule has 25 heavy (non-hydrogen) atoms. The standard InChI is InChI=1S/C20H22N2O3/c1-25-20(24)18-12-7-13-22(18)14-19(23)21-17-11-6-5-10-16(17)15-8-3-2-4-9-15/h2-6,8-11,18H,7,12-14H2,1H3,(H,21,23)/t18-/m0/s1. The average molecular weight is 338 g/mol. The van der Waals surface area contributed by atoms with E-state index in [1.165, 1.54) is 7.11 Å². The van der Waals surface area contributed by atoms with Gasteiger partial charge in [-0.15, -0.1) is 0 Å². The number of likely N-dealkylation sites (tertiary alicyclic amines) is 1. The second kappa shape index (κ2) is 7.94. The number of nitrogens with one attached hydrogen (secondary N) is 1. The maximum atomic E-state index is 12.5. The first-order valence-electron chi connectivity index (χ1n) is 8.45. The van der Waals surface area contributed by atoms with Crippen LogP contribution in [0.1, 0.15) is 12.8 Å². The minimum absolute atomic E-state index is 0.126. The fourth-order valence-corrected chi connectivity index (χ4v) is 3.25. The molecular weight excluding hydrogens is 316 g/mol. The van der Waals surface area contributed by atoms with Crippen molar-refractivity contribution >= 4 is 17.6 Å². The van der Waals surface area contributed by atoms with E-state index in [2.05, 4.69) is 5.32 Å². The summed E-state index contributed by atoms with van der Waals surface area (Å²) in [6, 6.07) is 17.3. The second-order valence-electron chi connectivity index (χ2n) is 6.11. The predicted octanol–water partition coefficient (Wildman–Crippen LogP) is 2.93. The Morgan fingerprint density at radius 3 is 2.60 bits per heavy atom. The van der Waals surface area contributed by atoms with E-state index in [9.17, 15) is 9.59 Å². The van der Waals surface area contributed by atoms with Gasteiger partial charge in [-0.1, -0.05) is 48.5 Å². The lowest BCUT2D eigenvalue weighted by atomic mass is 10.0. The summed E-state index contributed by atoms with van der Waals surface area (Å²) in [5.41, 5.74) is 2.79. The van der Waals surface area contributed by atoms with E-state index in [1.54, 1.807) is 0 Å². The third kappa shape index (κ3) is 4.06. The zero-order valence-corrected chi connectivity index (χ0v) is 14.3.